The van der Waals surface area contributed by atoms with Crippen LogP contribution in [0.1, 0.15) is 18.4 Å². The van der Waals surface area contributed by atoms with Gasteiger partial charge in [-0.1, -0.05) is 182 Å². The molecule has 0 amide bonds. The number of nitrogens with zero attached hydrogens (tertiary/aromatic N) is 5. The van der Waals surface area contributed by atoms with Crippen LogP contribution < -0.4 is 0 Å². The fraction of sp³-hybridized carbons (Fsp3) is 0.0351. The molecule has 5 nitrogen and oxygen atoms in total. The lowest BCUT2D eigenvalue weighted by molar-refractivity contribution is 0.955. The third-order valence-corrected chi connectivity index (χ3v) is 12.3. The lowest BCUT2D eigenvalue weighted by atomic mass is 9.96. The van der Waals surface area contributed by atoms with Gasteiger partial charge >= 0.3 is 0 Å². The van der Waals surface area contributed by atoms with E-state index in [0.717, 1.165) is 84.4 Å². The molecule has 0 radical (unpaired) electrons. The van der Waals surface area contributed by atoms with E-state index in [1.807, 2.05) is 18.2 Å². The molecule has 0 aliphatic heterocycles. The first-order valence-electron chi connectivity index (χ1n) is 21.3. The highest BCUT2D eigenvalue weighted by atomic mass is 15.2. The summed E-state index contributed by atoms with van der Waals surface area (Å²) >= 11 is 0. The summed E-state index contributed by atoms with van der Waals surface area (Å²) in [6, 6.07) is 69.1. The second-order valence-corrected chi connectivity index (χ2v) is 15.9. The SMILES string of the molecule is C1=CCCC(c2ccc(-c3nc(-c4ccccc4)nc(-n4c5ccccc5c5ccc6c(c7ccccc7n6-c6ccccc6-c6cccc(-c7ccccc7)c6)c54)n3)cc2)=C1. The van der Waals surface area contributed by atoms with Crippen molar-refractivity contribution in [1.82, 2.24) is 24.1 Å². The maximum Gasteiger partial charge on any atom is 0.238 e. The second kappa shape index (κ2) is 14.8. The van der Waals surface area contributed by atoms with Gasteiger partial charge in [-0.2, -0.15) is 9.97 Å². The van der Waals surface area contributed by atoms with Crippen LogP contribution in [-0.2, 0) is 0 Å². The fourth-order valence-corrected chi connectivity index (χ4v) is 9.37. The summed E-state index contributed by atoms with van der Waals surface area (Å²) in [6.07, 6.45) is 8.69. The van der Waals surface area contributed by atoms with Crippen molar-refractivity contribution < 1.29 is 0 Å². The third-order valence-electron chi connectivity index (χ3n) is 12.3. The van der Waals surface area contributed by atoms with Crippen LogP contribution in [0, 0.1) is 0 Å². The highest BCUT2D eigenvalue weighted by Crippen LogP contribution is 2.43. The van der Waals surface area contributed by atoms with Crippen LogP contribution in [0.4, 0.5) is 0 Å². The van der Waals surface area contributed by atoms with E-state index in [-0.39, 0.29) is 0 Å². The van der Waals surface area contributed by atoms with Crippen molar-refractivity contribution in [3.63, 3.8) is 0 Å². The maximum absolute atomic E-state index is 5.36. The van der Waals surface area contributed by atoms with Gasteiger partial charge in [0, 0.05) is 38.2 Å². The van der Waals surface area contributed by atoms with E-state index in [9.17, 15) is 0 Å². The highest BCUT2D eigenvalue weighted by Gasteiger charge is 2.24. The summed E-state index contributed by atoms with van der Waals surface area (Å²) in [6.45, 7) is 0. The molecular formula is C57H39N5. The van der Waals surface area contributed by atoms with Crippen molar-refractivity contribution in [2.24, 2.45) is 0 Å². The number of rotatable bonds is 7. The maximum atomic E-state index is 5.36. The van der Waals surface area contributed by atoms with E-state index in [1.54, 1.807) is 0 Å². The van der Waals surface area contributed by atoms with Gasteiger partial charge in [0.25, 0.3) is 0 Å². The van der Waals surface area contributed by atoms with E-state index in [4.69, 9.17) is 15.0 Å². The molecule has 1 aliphatic rings. The van der Waals surface area contributed by atoms with Gasteiger partial charge in [-0.3, -0.25) is 4.57 Å². The molecule has 0 bridgehead atoms. The minimum atomic E-state index is 0.576. The molecule has 292 valence electrons. The molecule has 3 aromatic heterocycles. The summed E-state index contributed by atoms with van der Waals surface area (Å²) in [5, 5.41) is 4.58. The Balaban J connectivity index is 1.12. The summed E-state index contributed by atoms with van der Waals surface area (Å²) in [5.74, 6) is 1.83. The zero-order chi connectivity index (χ0) is 41.0. The Kier molecular flexibility index (Phi) is 8.56. The molecule has 12 rings (SSSR count). The smallest absolute Gasteiger partial charge is 0.238 e. The predicted octanol–water partition coefficient (Wildman–Crippen LogP) is 14.5. The summed E-state index contributed by atoms with van der Waals surface area (Å²) in [7, 11) is 0. The van der Waals surface area contributed by atoms with Crippen molar-refractivity contribution in [3.8, 4) is 56.7 Å². The Bertz CT molecular complexity index is 3560. The molecule has 0 spiro atoms. The largest absolute Gasteiger partial charge is 0.309 e. The topological polar surface area (TPSA) is 48.5 Å². The molecule has 11 aromatic rings. The molecule has 8 aromatic carbocycles. The number of allylic oxidation sites excluding steroid dienone is 4. The fourth-order valence-electron chi connectivity index (χ4n) is 9.37. The zero-order valence-corrected chi connectivity index (χ0v) is 33.9. The van der Waals surface area contributed by atoms with Gasteiger partial charge in [0.2, 0.25) is 5.95 Å². The minimum Gasteiger partial charge on any atom is -0.309 e. The molecule has 5 heteroatoms. The van der Waals surface area contributed by atoms with Gasteiger partial charge < -0.3 is 4.57 Å². The van der Waals surface area contributed by atoms with Gasteiger partial charge in [0.05, 0.1) is 27.8 Å². The molecule has 0 saturated heterocycles. The van der Waals surface area contributed by atoms with Crippen molar-refractivity contribution in [2.75, 3.05) is 0 Å². The number of hydrogen-bond acceptors (Lipinski definition) is 3. The molecule has 0 atom stereocenters. The van der Waals surface area contributed by atoms with Crippen molar-refractivity contribution in [3.05, 3.63) is 218 Å². The van der Waals surface area contributed by atoms with Crippen molar-refractivity contribution in [1.29, 1.82) is 0 Å². The molecular weight excluding hydrogens is 755 g/mol. The highest BCUT2D eigenvalue weighted by molar-refractivity contribution is 6.26. The number of hydrogen-bond donors (Lipinski definition) is 0. The first-order chi connectivity index (χ1) is 30.8. The number of fused-ring (bicyclic) bond motifs is 7. The zero-order valence-electron chi connectivity index (χ0n) is 33.9. The van der Waals surface area contributed by atoms with E-state index in [0.29, 0.717) is 17.6 Å². The van der Waals surface area contributed by atoms with Gasteiger partial charge in [-0.15, -0.1) is 0 Å². The second-order valence-electron chi connectivity index (χ2n) is 15.9. The first-order valence-corrected chi connectivity index (χ1v) is 21.3. The van der Waals surface area contributed by atoms with E-state index < -0.39 is 0 Å². The number of benzene rings is 8. The van der Waals surface area contributed by atoms with E-state index >= 15 is 0 Å². The van der Waals surface area contributed by atoms with E-state index in [2.05, 4.69) is 203 Å². The van der Waals surface area contributed by atoms with Crippen LogP contribution in [0.15, 0.2) is 212 Å². The van der Waals surface area contributed by atoms with Gasteiger partial charge in [0.15, 0.2) is 11.6 Å². The summed E-state index contributed by atoms with van der Waals surface area (Å²) in [5.41, 5.74) is 14.6. The predicted molar refractivity (Wildman–Crippen MR) is 257 cm³/mol. The number of para-hydroxylation sites is 3. The molecule has 3 heterocycles. The van der Waals surface area contributed by atoms with Gasteiger partial charge in [-0.05, 0) is 71.0 Å². The van der Waals surface area contributed by atoms with Crippen molar-refractivity contribution in [2.45, 2.75) is 12.8 Å². The normalized spacial score (nSPS) is 12.7. The average molecular weight is 794 g/mol. The Labute approximate surface area is 359 Å². The first kappa shape index (κ1) is 35.8. The molecule has 0 N–H and O–H groups in total. The Morgan fingerprint density at radius 2 is 1.02 bits per heavy atom. The van der Waals surface area contributed by atoms with Crippen LogP contribution >= 0.6 is 0 Å². The summed E-state index contributed by atoms with van der Waals surface area (Å²) < 4.78 is 4.70. The van der Waals surface area contributed by atoms with Gasteiger partial charge in [0.1, 0.15) is 0 Å². The minimum absolute atomic E-state index is 0.576. The van der Waals surface area contributed by atoms with Crippen LogP contribution in [-0.4, -0.2) is 24.1 Å². The molecule has 62 heavy (non-hydrogen) atoms. The van der Waals surface area contributed by atoms with Crippen LogP contribution in [0.25, 0.3) is 106 Å². The lowest BCUT2D eigenvalue weighted by Gasteiger charge is -2.15. The monoisotopic (exact) mass is 793 g/mol. The Hall–Kier alpha value is -8.15. The van der Waals surface area contributed by atoms with Gasteiger partial charge in [-0.25, -0.2) is 4.98 Å². The average Bonchev–Trinajstić information content (AvgIpc) is 3.88. The van der Waals surface area contributed by atoms with Crippen LogP contribution in [0.3, 0.4) is 0 Å². The molecule has 0 saturated carbocycles. The molecule has 0 unspecified atom stereocenters. The molecule has 0 fully saturated rings. The third kappa shape index (κ3) is 5.97. The standard InChI is InChI=1S/C57H39N5/c1-4-17-38(18-5-1)40-31-33-42(34-32-40)56-58-55(41-21-8-3-9-22-41)59-57(60-56)62-50-29-14-11-26-46(50)47-35-36-52-53(54(47)62)48-27-12-15-30-51(48)61(52)49-28-13-10-25-45(49)44-24-16-23-43(37-44)39-19-6-2-7-20-39/h1-4,6-17,19-37H,5,18H2. The lowest BCUT2D eigenvalue weighted by Crippen LogP contribution is -2.06. The Morgan fingerprint density at radius 1 is 0.403 bits per heavy atom. The molecule has 1 aliphatic carbocycles. The quantitative estimate of drug-likeness (QED) is 0.161. The van der Waals surface area contributed by atoms with Crippen LogP contribution in [0.5, 0.6) is 0 Å². The Morgan fingerprint density at radius 3 is 1.77 bits per heavy atom. The summed E-state index contributed by atoms with van der Waals surface area (Å²) in [4.78, 5) is 15.8. The van der Waals surface area contributed by atoms with E-state index in [1.165, 1.54) is 22.3 Å². The van der Waals surface area contributed by atoms with Crippen molar-refractivity contribution >= 4 is 49.2 Å². The number of aromatic nitrogens is 5. The van der Waals surface area contributed by atoms with Crippen LogP contribution in [0.2, 0.25) is 0 Å².